The van der Waals surface area contributed by atoms with E-state index in [9.17, 15) is 5.11 Å². The lowest BCUT2D eigenvalue weighted by Gasteiger charge is -2.17. The topological polar surface area (TPSA) is 20.2 Å². The molecule has 0 aliphatic heterocycles. The Morgan fingerprint density at radius 1 is 1.09 bits per heavy atom. The molecule has 0 radical (unpaired) electrons. The third-order valence-corrected chi connectivity index (χ3v) is 2.27. The molecule has 68 valence electrons. The first-order chi connectivity index (χ1) is 5.07. The van der Waals surface area contributed by atoms with Crippen LogP contribution in [0.5, 0.6) is 0 Å². The highest BCUT2D eigenvalue weighted by atomic mass is 16.3. The molecule has 0 aliphatic carbocycles. The number of aliphatic hydroxyl groups excluding tert-OH is 1. The van der Waals surface area contributed by atoms with Crippen molar-refractivity contribution in [3.05, 3.63) is 0 Å². The summed E-state index contributed by atoms with van der Waals surface area (Å²) in [5, 5.41) is 9.44. The monoisotopic (exact) mass is 158 g/mol. The second kappa shape index (κ2) is 5.59. The first-order valence-corrected chi connectivity index (χ1v) is 4.76. The molecule has 0 spiro atoms. The second-order valence-electron chi connectivity index (χ2n) is 3.92. The Morgan fingerprint density at radius 3 is 2.00 bits per heavy atom. The van der Waals surface area contributed by atoms with Crippen molar-refractivity contribution in [2.45, 2.75) is 53.1 Å². The molecule has 0 aliphatic rings. The maximum atomic E-state index is 9.44. The van der Waals surface area contributed by atoms with E-state index in [0.717, 1.165) is 18.8 Å². The van der Waals surface area contributed by atoms with Crippen LogP contribution in [-0.2, 0) is 0 Å². The molecule has 0 amide bonds. The molecule has 0 saturated carbocycles. The summed E-state index contributed by atoms with van der Waals surface area (Å²) in [5.74, 6) is 1.24. The van der Waals surface area contributed by atoms with Crippen molar-refractivity contribution in [2.24, 2.45) is 11.8 Å². The van der Waals surface area contributed by atoms with Crippen molar-refractivity contribution in [3.8, 4) is 0 Å². The zero-order chi connectivity index (χ0) is 8.85. The third-order valence-electron chi connectivity index (χ3n) is 2.27. The van der Waals surface area contributed by atoms with Crippen LogP contribution in [0.15, 0.2) is 0 Å². The number of hydrogen-bond donors (Lipinski definition) is 1. The van der Waals surface area contributed by atoms with Gasteiger partial charge in [-0.05, 0) is 24.7 Å². The SMILES string of the molecule is CCC(O)C(C)CCC(C)C. The van der Waals surface area contributed by atoms with E-state index >= 15 is 0 Å². The molecule has 0 aromatic rings. The lowest BCUT2D eigenvalue weighted by molar-refractivity contribution is 0.105. The Kier molecular flexibility index (Phi) is 5.57. The summed E-state index contributed by atoms with van der Waals surface area (Å²) in [7, 11) is 0. The number of rotatable bonds is 5. The van der Waals surface area contributed by atoms with E-state index in [1.54, 1.807) is 0 Å². The van der Waals surface area contributed by atoms with Gasteiger partial charge < -0.3 is 5.11 Å². The Morgan fingerprint density at radius 2 is 1.64 bits per heavy atom. The first kappa shape index (κ1) is 11.0. The van der Waals surface area contributed by atoms with Gasteiger partial charge in [0.25, 0.3) is 0 Å². The third kappa shape index (κ3) is 5.25. The van der Waals surface area contributed by atoms with E-state index in [1.807, 2.05) is 6.92 Å². The van der Waals surface area contributed by atoms with Crippen LogP contribution < -0.4 is 0 Å². The second-order valence-corrected chi connectivity index (χ2v) is 3.92. The minimum absolute atomic E-state index is 0.0891. The highest BCUT2D eigenvalue weighted by Crippen LogP contribution is 2.16. The van der Waals surface area contributed by atoms with Gasteiger partial charge in [-0.15, -0.1) is 0 Å². The minimum atomic E-state index is -0.0891. The Hall–Kier alpha value is -0.0400. The molecule has 2 unspecified atom stereocenters. The summed E-state index contributed by atoms with van der Waals surface area (Å²) in [6, 6.07) is 0. The van der Waals surface area contributed by atoms with Crippen LogP contribution in [0.4, 0.5) is 0 Å². The standard InChI is InChI=1S/C10H22O/c1-5-10(11)9(4)7-6-8(2)3/h8-11H,5-7H2,1-4H3. The maximum Gasteiger partial charge on any atom is 0.0563 e. The van der Waals surface area contributed by atoms with E-state index in [-0.39, 0.29) is 6.10 Å². The fourth-order valence-electron chi connectivity index (χ4n) is 1.19. The quantitative estimate of drug-likeness (QED) is 0.652. The van der Waals surface area contributed by atoms with Crippen molar-refractivity contribution in [3.63, 3.8) is 0 Å². The van der Waals surface area contributed by atoms with Gasteiger partial charge in [-0.25, -0.2) is 0 Å². The van der Waals surface area contributed by atoms with Gasteiger partial charge in [-0.2, -0.15) is 0 Å². The predicted octanol–water partition coefficient (Wildman–Crippen LogP) is 2.83. The minimum Gasteiger partial charge on any atom is -0.393 e. The fraction of sp³-hybridized carbons (Fsp3) is 1.00. The molecule has 1 N–H and O–H groups in total. The molecule has 1 nitrogen and oxygen atoms in total. The summed E-state index contributed by atoms with van der Waals surface area (Å²) >= 11 is 0. The van der Waals surface area contributed by atoms with Crippen LogP contribution >= 0.6 is 0 Å². The van der Waals surface area contributed by atoms with Gasteiger partial charge >= 0.3 is 0 Å². The van der Waals surface area contributed by atoms with Crippen LogP contribution in [0.2, 0.25) is 0 Å². The van der Waals surface area contributed by atoms with Gasteiger partial charge in [0, 0.05) is 0 Å². The smallest absolute Gasteiger partial charge is 0.0563 e. The van der Waals surface area contributed by atoms with Crippen LogP contribution in [-0.4, -0.2) is 11.2 Å². The van der Waals surface area contributed by atoms with Crippen molar-refractivity contribution >= 4 is 0 Å². The first-order valence-electron chi connectivity index (χ1n) is 4.76. The molecule has 2 atom stereocenters. The predicted molar refractivity (Wildman–Crippen MR) is 49.5 cm³/mol. The zero-order valence-electron chi connectivity index (χ0n) is 8.30. The molecule has 0 saturated heterocycles. The maximum absolute atomic E-state index is 9.44. The van der Waals surface area contributed by atoms with Crippen molar-refractivity contribution in [1.29, 1.82) is 0 Å². The molecular formula is C10H22O. The average molecular weight is 158 g/mol. The zero-order valence-corrected chi connectivity index (χ0v) is 8.30. The average Bonchev–Trinajstić information content (AvgIpc) is 1.98. The Balaban J connectivity index is 3.43. The Labute approximate surface area is 70.8 Å². The summed E-state index contributed by atoms with van der Waals surface area (Å²) in [6.07, 6.45) is 3.19. The van der Waals surface area contributed by atoms with Gasteiger partial charge in [-0.3, -0.25) is 0 Å². The van der Waals surface area contributed by atoms with Crippen molar-refractivity contribution < 1.29 is 5.11 Å². The van der Waals surface area contributed by atoms with Crippen LogP contribution in [0, 0.1) is 11.8 Å². The molecule has 0 rings (SSSR count). The summed E-state index contributed by atoms with van der Waals surface area (Å²) in [6.45, 7) is 8.63. The highest BCUT2D eigenvalue weighted by Gasteiger charge is 2.11. The van der Waals surface area contributed by atoms with E-state index in [4.69, 9.17) is 0 Å². The lowest BCUT2D eigenvalue weighted by atomic mass is 9.94. The molecular weight excluding hydrogens is 136 g/mol. The van der Waals surface area contributed by atoms with Gasteiger partial charge in [0.05, 0.1) is 6.10 Å². The summed E-state index contributed by atoms with van der Waals surface area (Å²) in [5.41, 5.74) is 0. The van der Waals surface area contributed by atoms with Crippen molar-refractivity contribution in [1.82, 2.24) is 0 Å². The molecule has 11 heavy (non-hydrogen) atoms. The summed E-state index contributed by atoms with van der Waals surface area (Å²) < 4.78 is 0. The van der Waals surface area contributed by atoms with E-state index < -0.39 is 0 Å². The van der Waals surface area contributed by atoms with Gasteiger partial charge in [0.15, 0.2) is 0 Å². The van der Waals surface area contributed by atoms with Gasteiger partial charge in [-0.1, -0.05) is 34.1 Å². The largest absolute Gasteiger partial charge is 0.393 e. The van der Waals surface area contributed by atoms with E-state index in [2.05, 4.69) is 20.8 Å². The molecule has 0 heterocycles. The van der Waals surface area contributed by atoms with Crippen LogP contribution in [0.1, 0.15) is 47.0 Å². The molecule has 0 fully saturated rings. The van der Waals surface area contributed by atoms with Crippen LogP contribution in [0.3, 0.4) is 0 Å². The number of hydrogen-bond acceptors (Lipinski definition) is 1. The molecule has 1 heteroatoms. The van der Waals surface area contributed by atoms with Gasteiger partial charge in [0.2, 0.25) is 0 Å². The van der Waals surface area contributed by atoms with Crippen molar-refractivity contribution in [2.75, 3.05) is 0 Å². The molecule has 0 aromatic carbocycles. The Bertz CT molecular complexity index is 88.9. The molecule has 0 bridgehead atoms. The molecule has 0 aromatic heterocycles. The normalized spacial score (nSPS) is 16.9. The highest BCUT2D eigenvalue weighted by molar-refractivity contribution is 4.63. The summed E-state index contributed by atoms with van der Waals surface area (Å²) in [4.78, 5) is 0. The van der Waals surface area contributed by atoms with E-state index in [1.165, 1.54) is 6.42 Å². The van der Waals surface area contributed by atoms with Gasteiger partial charge in [0.1, 0.15) is 0 Å². The fourth-order valence-corrected chi connectivity index (χ4v) is 1.19. The van der Waals surface area contributed by atoms with E-state index in [0.29, 0.717) is 5.92 Å². The lowest BCUT2D eigenvalue weighted by Crippen LogP contribution is -2.16. The van der Waals surface area contributed by atoms with Crippen LogP contribution in [0.25, 0.3) is 0 Å². The number of aliphatic hydroxyl groups is 1.